The molecule has 1 aromatic heterocycles. The highest BCUT2D eigenvalue weighted by molar-refractivity contribution is 5.84. The fraction of sp³-hybridized carbons (Fsp3) is 0.294. The van der Waals surface area contributed by atoms with E-state index in [1.165, 1.54) is 0 Å². The van der Waals surface area contributed by atoms with Gasteiger partial charge in [0.25, 0.3) is 0 Å². The molecule has 0 aliphatic rings. The zero-order valence-corrected chi connectivity index (χ0v) is 12.7. The van der Waals surface area contributed by atoms with Crippen molar-refractivity contribution in [3.63, 3.8) is 0 Å². The van der Waals surface area contributed by atoms with Gasteiger partial charge in [-0.3, -0.25) is 9.59 Å². The standard InChI is InChI=1S/C17H21N3O2/c1-14(20-9-5-6-10-20)11-16(21)19-13-17(22)18-12-15-7-3-2-4-8-15/h2-10,14H,11-13H2,1H3,(H,18,22)(H,19,21). The number of carbonyl (C=O) groups is 2. The molecule has 116 valence electrons. The Kier molecular flexibility index (Phi) is 5.77. The smallest absolute Gasteiger partial charge is 0.239 e. The largest absolute Gasteiger partial charge is 0.351 e. The third-order valence-corrected chi connectivity index (χ3v) is 3.40. The Bertz CT molecular complexity index is 594. The number of nitrogens with one attached hydrogen (secondary N) is 2. The minimum atomic E-state index is -0.189. The van der Waals surface area contributed by atoms with Gasteiger partial charge in [0.05, 0.1) is 6.54 Å². The number of aromatic nitrogens is 1. The first kappa shape index (κ1) is 15.8. The fourth-order valence-corrected chi connectivity index (χ4v) is 2.13. The second-order valence-electron chi connectivity index (χ2n) is 5.22. The summed E-state index contributed by atoms with van der Waals surface area (Å²) in [5, 5.41) is 5.42. The van der Waals surface area contributed by atoms with E-state index < -0.39 is 0 Å². The van der Waals surface area contributed by atoms with Crippen molar-refractivity contribution in [1.29, 1.82) is 0 Å². The van der Waals surface area contributed by atoms with E-state index >= 15 is 0 Å². The lowest BCUT2D eigenvalue weighted by Crippen LogP contribution is -2.37. The molecule has 0 saturated carbocycles. The van der Waals surface area contributed by atoms with Gasteiger partial charge >= 0.3 is 0 Å². The Morgan fingerprint density at radius 2 is 1.68 bits per heavy atom. The van der Waals surface area contributed by atoms with E-state index in [4.69, 9.17) is 0 Å². The monoisotopic (exact) mass is 299 g/mol. The number of amides is 2. The molecule has 5 heteroatoms. The quantitative estimate of drug-likeness (QED) is 0.820. The van der Waals surface area contributed by atoms with E-state index in [1.807, 2.05) is 66.3 Å². The molecular weight excluding hydrogens is 278 g/mol. The first-order valence-electron chi connectivity index (χ1n) is 7.35. The Labute approximate surface area is 130 Å². The Morgan fingerprint density at radius 1 is 1.00 bits per heavy atom. The van der Waals surface area contributed by atoms with Crippen LogP contribution >= 0.6 is 0 Å². The van der Waals surface area contributed by atoms with Crippen molar-refractivity contribution in [3.05, 3.63) is 60.4 Å². The predicted molar refractivity (Wildman–Crippen MR) is 85.1 cm³/mol. The van der Waals surface area contributed by atoms with Crippen molar-refractivity contribution in [2.75, 3.05) is 6.54 Å². The lowest BCUT2D eigenvalue weighted by Gasteiger charge is -2.13. The average Bonchev–Trinajstić information content (AvgIpc) is 3.06. The van der Waals surface area contributed by atoms with Crippen LogP contribution < -0.4 is 10.6 Å². The molecule has 1 aromatic carbocycles. The summed E-state index contributed by atoms with van der Waals surface area (Å²) in [6, 6.07) is 13.6. The van der Waals surface area contributed by atoms with Gasteiger partial charge in [-0.15, -0.1) is 0 Å². The van der Waals surface area contributed by atoms with Gasteiger partial charge in [-0.25, -0.2) is 0 Å². The van der Waals surface area contributed by atoms with Gasteiger partial charge in [0, 0.05) is 31.4 Å². The van der Waals surface area contributed by atoms with E-state index in [2.05, 4.69) is 10.6 Å². The van der Waals surface area contributed by atoms with Gasteiger partial charge in [0.1, 0.15) is 0 Å². The molecule has 0 aliphatic heterocycles. The molecule has 0 aliphatic carbocycles. The number of nitrogens with zero attached hydrogens (tertiary/aromatic N) is 1. The summed E-state index contributed by atoms with van der Waals surface area (Å²) in [5.41, 5.74) is 1.03. The normalized spacial score (nSPS) is 11.7. The second-order valence-corrected chi connectivity index (χ2v) is 5.22. The van der Waals surface area contributed by atoms with Crippen LogP contribution in [0.4, 0.5) is 0 Å². The molecule has 0 radical (unpaired) electrons. The summed E-state index contributed by atoms with van der Waals surface area (Å²) in [6.07, 6.45) is 4.19. The molecule has 1 atom stereocenters. The summed E-state index contributed by atoms with van der Waals surface area (Å²) >= 11 is 0. The molecule has 2 rings (SSSR count). The minimum absolute atomic E-state index is 0.00403. The van der Waals surface area contributed by atoms with Gasteiger partial charge in [-0.2, -0.15) is 0 Å². The van der Waals surface area contributed by atoms with Crippen LogP contribution in [0.5, 0.6) is 0 Å². The lowest BCUT2D eigenvalue weighted by atomic mass is 10.2. The van der Waals surface area contributed by atoms with Crippen LogP contribution in [0.1, 0.15) is 24.9 Å². The topological polar surface area (TPSA) is 63.1 Å². The number of carbonyl (C=O) groups excluding carboxylic acids is 2. The van der Waals surface area contributed by atoms with E-state index in [0.717, 1.165) is 5.56 Å². The molecule has 0 spiro atoms. The van der Waals surface area contributed by atoms with Crippen LogP contribution in [0, 0.1) is 0 Å². The minimum Gasteiger partial charge on any atom is -0.351 e. The van der Waals surface area contributed by atoms with E-state index in [0.29, 0.717) is 13.0 Å². The summed E-state index contributed by atoms with van der Waals surface area (Å²) in [5.74, 6) is -0.318. The molecule has 0 fully saturated rings. The van der Waals surface area contributed by atoms with Crippen molar-refractivity contribution >= 4 is 11.8 Å². The maximum atomic E-state index is 11.8. The van der Waals surface area contributed by atoms with Gasteiger partial charge in [0.2, 0.25) is 11.8 Å². The Morgan fingerprint density at radius 3 is 2.36 bits per heavy atom. The van der Waals surface area contributed by atoms with Crippen LogP contribution in [0.2, 0.25) is 0 Å². The molecule has 2 N–H and O–H groups in total. The van der Waals surface area contributed by atoms with Crippen LogP contribution in [0.3, 0.4) is 0 Å². The highest BCUT2D eigenvalue weighted by Gasteiger charge is 2.11. The van der Waals surface area contributed by atoms with Crippen molar-refractivity contribution in [2.45, 2.75) is 25.9 Å². The van der Waals surface area contributed by atoms with Gasteiger partial charge in [-0.05, 0) is 24.6 Å². The number of rotatable bonds is 7. The number of benzene rings is 1. The zero-order chi connectivity index (χ0) is 15.8. The molecule has 2 amide bonds. The summed E-state index contributed by atoms with van der Waals surface area (Å²) in [7, 11) is 0. The average molecular weight is 299 g/mol. The Balaban J connectivity index is 1.66. The summed E-state index contributed by atoms with van der Waals surface area (Å²) < 4.78 is 1.97. The molecular formula is C17H21N3O2. The van der Waals surface area contributed by atoms with Crippen LogP contribution in [0.15, 0.2) is 54.9 Å². The summed E-state index contributed by atoms with van der Waals surface area (Å²) in [4.78, 5) is 23.5. The third-order valence-electron chi connectivity index (χ3n) is 3.40. The van der Waals surface area contributed by atoms with Crippen molar-refractivity contribution in [1.82, 2.24) is 15.2 Å². The zero-order valence-electron chi connectivity index (χ0n) is 12.7. The summed E-state index contributed by atoms with van der Waals surface area (Å²) in [6.45, 7) is 2.44. The molecule has 2 aromatic rings. The van der Waals surface area contributed by atoms with Crippen molar-refractivity contribution < 1.29 is 9.59 Å². The van der Waals surface area contributed by atoms with Crippen LogP contribution in [-0.2, 0) is 16.1 Å². The molecule has 0 bridgehead atoms. The third kappa shape index (κ3) is 5.09. The van der Waals surface area contributed by atoms with Crippen molar-refractivity contribution in [2.24, 2.45) is 0 Å². The maximum Gasteiger partial charge on any atom is 0.239 e. The molecule has 5 nitrogen and oxygen atoms in total. The number of hydrogen-bond acceptors (Lipinski definition) is 2. The van der Waals surface area contributed by atoms with E-state index in [-0.39, 0.29) is 24.4 Å². The molecule has 0 saturated heterocycles. The van der Waals surface area contributed by atoms with E-state index in [1.54, 1.807) is 0 Å². The van der Waals surface area contributed by atoms with Gasteiger partial charge < -0.3 is 15.2 Å². The first-order chi connectivity index (χ1) is 10.6. The predicted octanol–water partition coefficient (Wildman–Crippen LogP) is 1.87. The molecule has 1 heterocycles. The maximum absolute atomic E-state index is 11.8. The fourth-order valence-electron chi connectivity index (χ4n) is 2.13. The Hall–Kier alpha value is -2.56. The lowest BCUT2D eigenvalue weighted by molar-refractivity contribution is -0.126. The first-order valence-corrected chi connectivity index (χ1v) is 7.35. The van der Waals surface area contributed by atoms with Crippen LogP contribution in [-0.4, -0.2) is 22.9 Å². The molecule has 1 unspecified atom stereocenters. The second kappa shape index (κ2) is 8.02. The van der Waals surface area contributed by atoms with E-state index in [9.17, 15) is 9.59 Å². The highest BCUT2D eigenvalue weighted by atomic mass is 16.2. The van der Waals surface area contributed by atoms with Crippen LogP contribution in [0.25, 0.3) is 0 Å². The number of hydrogen-bond donors (Lipinski definition) is 2. The SMILES string of the molecule is CC(CC(=O)NCC(=O)NCc1ccccc1)n1cccc1. The van der Waals surface area contributed by atoms with Crippen molar-refractivity contribution in [3.8, 4) is 0 Å². The van der Waals surface area contributed by atoms with Gasteiger partial charge in [0.15, 0.2) is 0 Å². The highest BCUT2D eigenvalue weighted by Crippen LogP contribution is 2.09. The molecule has 22 heavy (non-hydrogen) atoms. The van der Waals surface area contributed by atoms with Gasteiger partial charge in [-0.1, -0.05) is 30.3 Å².